The van der Waals surface area contributed by atoms with Gasteiger partial charge in [0, 0.05) is 24.7 Å². The standard InChI is InChI=1S/C15H15FN2O3/c1-17-9-12-6-13(16)8-15(7-12)21-10-11-2-4-14(5-3-11)18(19)20/h2-8,17H,9-10H2,1H3. The van der Waals surface area contributed by atoms with Gasteiger partial charge in [0.05, 0.1) is 4.92 Å². The Morgan fingerprint density at radius 3 is 2.52 bits per heavy atom. The van der Waals surface area contributed by atoms with Gasteiger partial charge in [0.25, 0.3) is 5.69 Å². The molecule has 2 aromatic rings. The van der Waals surface area contributed by atoms with Gasteiger partial charge < -0.3 is 10.1 Å². The Kier molecular flexibility index (Phi) is 4.84. The molecule has 2 rings (SSSR count). The third-order valence-electron chi connectivity index (χ3n) is 2.86. The van der Waals surface area contributed by atoms with Gasteiger partial charge in [-0.3, -0.25) is 10.1 Å². The molecule has 0 saturated heterocycles. The van der Waals surface area contributed by atoms with Crippen LogP contribution in [0.15, 0.2) is 42.5 Å². The number of non-ortho nitro benzene ring substituents is 1. The second-order valence-corrected chi connectivity index (χ2v) is 4.54. The first-order valence-corrected chi connectivity index (χ1v) is 6.38. The van der Waals surface area contributed by atoms with Gasteiger partial charge >= 0.3 is 0 Å². The molecule has 0 bridgehead atoms. The zero-order valence-corrected chi connectivity index (χ0v) is 11.5. The minimum absolute atomic E-state index is 0.0285. The first kappa shape index (κ1) is 14.9. The van der Waals surface area contributed by atoms with Crippen molar-refractivity contribution in [1.82, 2.24) is 5.32 Å². The van der Waals surface area contributed by atoms with Crippen LogP contribution in [0.5, 0.6) is 5.75 Å². The van der Waals surface area contributed by atoms with Crippen LogP contribution in [0.1, 0.15) is 11.1 Å². The van der Waals surface area contributed by atoms with Crippen LogP contribution in [0.25, 0.3) is 0 Å². The number of nitrogens with one attached hydrogen (secondary N) is 1. The first-order valence-electron chi connectivity index (χ1n) is 6.38. The third kappa shape index (κ3) is 4.25. The Morgan fingerprint density at radius 2 is 1.90 bits per heavy atom. The summed E-state index contributed by atoms with van der Waals surface area (Å²) in [6.45, 7) is 0.770. The molecule has 0 spiro atoms. The van der Waals surface area contributed by atoms with Crippen molar-refractivity contribution in [3.8, 4) is 5.75 Å². The van der Waals surface area contributed by atoms with Gasteiger partial charge in [0.1, 0.15) is 18.2 Å². The predicted octanol–water partition coefficient (Wildman–Crippen LogP) is 3.03. The van der Waals surface area contributed by atoms with Gasteiger partial charge in [0.2, 0.25) is 0 Å². The van der Waals surface area contributed by atoms with Crippen molar-refractivity contribution in [2.45, 2.75) is 13.2 Å². The summed E-state index contributed by atoms with van der Waals surface area (Å²) in [4.78, 5) is 10.1. The normalized spacial score (nSPS) is 10.4. The molecule has 0 radical (unpaired) electrons. The second kappa shape index (κ2) is 6.81. The smallest absolute Gasteiger partial charge is 0.269 e. The van der Waals surface area contributed by atoms with Crippen molar-refractivity contribution in [2.24, 2.45) is 0 Å². The third-order valence-corrected chi connectivity index (χ3v) is 2.86. The molecule has 110 valence electrons. The number of hydrogen-bond donors (Lipinski definition) is 1. The molecule has 0 saturated carbocycles. The fraction of sp³-hybridized carbons (Fsp3) is 0.200. The molecule has 0 unspecified atom stereocenters. The number of hydrogen-bond acceptors (Lipinski definition) is 4. The molecule has 0 fully saturated rings. The van der Waals surface area contributed by atoms with Crippen LogP contribution in [0.3, 0.4) is 0 Å². The molecule has 0 aliphatic heterocycles. The molecule has 0 atom stereocenters. The Bertz CT molecular complexity index is 629. The van der Waals surface area contributed by atoms with E-state index < -0.39 is 4.92 Å². The summed E-state index contributed by atoms with van der Waals surface area (Å²) in [6.07, 6.45) is 0. The van der Waals surface area contributed by atoms with Gasteiger partial charge in [-0.05, 0) is 42.4 Å². The summed E-state index contributed by atoms with van der Waals surface area (Å²) in [5.74, 6) is 0.0695. The highest BCUT2D eigenvalue weighted by atomic mass is 19.1. The predicted molar refractivity (Wildman–Crippen MR) is 76.6 cm³/mol. The van der Waals surface area contributed by atoms with E-state index in [1.165, 1.54) is 24.3 Å². The lowest BCUT2D eigenvalue weighted by Crippen LogP contribution is -2.06. The summed E-state index contributed by atoms with van der Waals surface area (Å²) >= 11 is 0. The van der Waals surface area contributed by atoms with E-state index >= 15 is 0 Å². The SMILES string of the molecule is CNCc1cc(F)cc(OCc2ccc([N+](=O)[O-])cc2)c1. The van der Waals surface area contributed by atoms with Crippen molar-refractivity contribution in [1.29, 1.82) is 0 Å². The zero-order chi connectivity index (χ0) is 15.2. The highest BCUT2D eigenvalue weighted by molar-refractivity contribution is 5.33. The first-order chi connectivity index (χ1) is 10.1. The van der Waals surface area contributed by atoms with Crippen LogP contribution in [-0.4, -0.2) is 12.0 Å². The van der Waals surface area contributed by atoms with Crippen molar-refractivity contribution < 1.29 is 14.1 Å². The van der Waals surface area contributed by atoms with Crippen LogP contribution in [0.2, 0.25) is 0 Å². The highest BCUT2D eigenvalue weighted by Crippen LogP contribution is 2.19. The molecule has 0 aliphatic rings. The van der Waals surface area contributed by atoms with E-state index in [1.54, 1.807) is 25.2 Å². The van der Waals surface area contributed by atoms with E-state index in [-0.39, 0.29) is 18.1 Å². The molecule has 0 aromatic heterocycles. The Hall–Kier alpha value is -2.47. The number of ether oxygens (including phenoxy) is 1. The average Bonchev–Trinajstić information content (AvgIpc) is 2.45. The number of nitro groups is 1. The van der Waals surface area contributed by atoms with E-state index in [2.05, 4.69) is 5.32 Å². The fourth-order valence-electron chi connectivity index (χ4n) is 1.89. The Labute approximate surface area is 121 Å². The average molecular weight is 290 g/mol. The summed E-state index contributed by atoms with van der Waals surface area (Å²) in [5.41, 5.74) is 1.59. The molecule has 21 heavy (non-hydrogen) atoms. The van der Waals surface area contributed by atoms with Crippen LogP contribution in [0.4, 0.5) is 10.1 Å². The van der Waals surface area contributed by atoms with Gasteiger partial charge in [-0.1, -0.05) is 0 Å². The molecular formula is C15H15FN2O3. The minimum Gasteiger partial charge on any atom is -0.489 e. The summed E-state index contributed by atoms with van der Waals surface area (Å²) < 4.78 is 19.0. The molecular weight excluding hydrogens is 275 g/mol. The van der Waals surface area contributed by atoms with E-state index in [4.69, 9.17) is 4.74 Å². The van der Waals surface area contributed by atoms with Crippen LogP contribution < -0.4 is 10.1 Å². The molecule has 0 heterocycles. The van der Waals surface area contributed by atoms with Crippen LogP contribution in [-0.2, 0) is 13.2 Å². The molecule has 0 aliphatic carbocycles. The summed E-state index contributed by atoms with van der Waals surface area (Å²) in [6, 6.07) is 10.6. The van der Waals surface area contributed by atoms with Gasteiger partial charge in [0.15, 0.2) is 0 Å². The quantitative estimate of drug-likeness (QED) is 0.656. The molecule has 1 N–H and O–H groups in total. The number of nitrogens with zero attached hydrogens (tertiary/aromatic N) is 1. The largest absolute Gasteiger partial charge is 0.489 e. The monoisotopic (exact) mass is 290 g/mol. The Morgan fingerprint density at radius 1 is 1.19 bits per heavy atom. The van der Waals surface area contributed by atoms with Crippen molar-refractivity contribution in [2.75, 3.05) is 7.05 Å². The number of rotatable bonds is 6. The number of nitro benzene ring substituents is 1. The summed E-state index contributed by atoms with van der Waals surface area (Å²) in [5, 5.41) is 13.5. The highest BCUT2D eigenvalue weighted by Gasteiger charge is 2.05. The zero-order valence-electron chi connectivity index (χ0n) is 11.5. The Balaban J connectivity index is 2.03. The number of halogens is 1. The molecule has 5 nitrogen and oxygen atoms in total. The molecule has 6 heteroatoms. The van der Waals surface area contributed by atoms with E-state index in [0.29, 0.717) is 12.3 Å². The van der Waals surface area contributed by atoms with E-state index in [9.17, 15) is 14.5 Å². The van der Waals surface area contributed by atoms with Crippen molar-refractivity contribution in [3.63, 3.8) is 0 Å². The fourth-order valence-corrected chi connectivity index (χ4v) is 1.89. The lowest BCUT2D eigenvalue weighted by molar-refractivity contribution is -0.384. The lowest BCUT2D eigenvalue weighted by atomic mass is 10.2. The maximum atomic E-state index is 13.4. The van der Waals surface area contributed by atoms with Gasteiger partial charge in [-0.2, -0.15) is 0 Å². The van der Waals surface area contributed by atoms with Gasteiger partial charge in [-0.15, -0.1) is 0 Å². The molecule has 2 aromatic carbocycles. The van der Waals surface area contributed by atoms with E-state index in [0.717, 1.165) is 11.1 Å². The number of benzene rings is 2. The topological polar surface area (TPSA) is 64.4 Å². The van der Waals surface area contributed by atoms with Crippen molar-refractivity contribution >= 4 is 5.69 Å². The van der Waals surface area contributed by atoms with Crippen molar-refractivity contribution in [3.05, 3.63) is 69.5 Å². The van der Waals surface area contributed by atoms with Crippen LogP contribution >= 0.6 is 0 Å². The maximum absolute atomic E-state index is 13.4. The lowest BCUT2D eigenvalue weighted by Gasteiger charge is -2.08. The van der Waals surface area contributed by atoms with E-state index in [1.807, 2.05) is 0 Å². The maximum Gasteiger partial charge on any atom is 0.269 e. The second-order valence-electron chi connectivity index (χ2n) is 4.54. The van der Waals surface area contributed by atoms with Gasteiger partial charge in [-0.25, -0.2) is 4.39 Å². The van der Waals surface area contributed by atoms with Crippen LogP contribution in [0, 0.1) is 15.9 Å². The summed E-state index contributed by atoms with van der Waals surface area (Å²) in [7, 11) is 1.78. The molecule has 0 amide bonds. The minimum atomic E-state index is -0.457.